The van der Waals surface area contributed by atoms with Gasteiger partial charge in [-0.2, -0.15) is 5.10 Å². The molecule has 0 aliphatic rings. The summed E-state index contributed by atoms with van der Waals surface area (Å²) in [4.78, 5) is 28.1. The molecule has 0 saturated heterocycles. The van der Waals surface area contributed by atoms with E-state index in [0.29, 0.717) is 23.5 Å². The third-order valence-electron chi connectivity index (χ3n) is 3.53. The van der Waals surface area contributed by atoms with E-state index < -0.39 is 11.7 Å². The van der Waals surface area contributed by atoms with E-state index in [-0.39, 0.29) is 12.3 Å². The number of hydrogen-bond donors (Lipinski definition) is 2. The van der Waals surface area contributed by atoms with E-state index in [4.69, 9.17) is 0 Å². The quantitative estimate of drug-likeness (QED) is 0.713. The summed E-state index contributed by atoms with van der Waals surface area (Å²) in [7, 11) is 0. The molecular weight excluding hydrogens is 337 g/mol. The molecule has 0 spiro atoms. The second-order valence-corrected chi connectivity index (χ2v) is 5.50. The summed E-state index contributed by atoms with van der Waals surface area (Å²) < 4.78 is 14.8. The maximum absolute atomic E-state index is 13.2. The minimum atomic E-state index is -0.434. The monoisotopic (exact) mass is 353 g/mol. The first kappa shape index (κ1) is 17.3. The Bertz CT molecular complexity index is 911. The molecule has 0 radical (unpaired) electrons. The number of carbonyl (C=O) groups is 2. The van der Waals surface area contributed by atoms with Crippen LogP contribution in [0.15, 0.2) is 61.2 Å². The highest BCUT2D eigenvalue weighted by atomic mass is 19.1. The molecule has 3 aromatic rings. The van der Waals surface area contributed by atoms with Crippen molar-refractivity contribution in [2.24, 2.45) is 0 Å². The van der Waals surface area contributed by atoms with E-state index in [1.165, 1.54) is 30.9 Å². The molecule has 0 aliphatic carbocycles. The molecule has 2 aromatic carbocycles. The van der Waals surface area contributed by atoms with Crippen LogP contribution >= 0.6 is 0 Å². The Kier molecular flexibility index (Phi) is 5.33. The number of carbonyl (C=O) groups excluding carboxylic acids is 2. The van der Waals surface area contributed by atoms with Crippen LogP contribution in [0.25, 0.3) is 0 Å². The molecule has 132 valence electrons. The molecular formula is C18H16FN5O2. The summed E-state index contributed by atoms with van der Waals surface area (Å²) in [5.74, 6) is -1.03. The van der Waals surface area contributed by atoms with Gasteiger partial charge >= 0.3 is 0 Å². The number of nitrogens with one attached hydrogen (secondary N) is 2. The predicted octanol–water partition coefficient (Wildman–Crippen LogP) is 2.70. The number of hydrogen-bond acceptors (Lipinski definition) is 4. The molecule has 1 aromatic heterocycles. The Labute approximate surface area is 148 Å². The first-order chi connectivity index (χ1) is 12.6. The zero-order valence-electron chi connectivity index (χ0n) is 13.7. The number of halogens is 1. The number of amides is 2. The molecule has 0 fully saturated rings. The second-order valence-electron chi connectivity index (χ2n) is 5.50. The number of rotatable bonds is 6. The minimum absolute atomic E-state index is 0.205. The number of nitrogens with zero attached hydrogens (tertiary/aromatic N) is 3. The van der Waals surface area contributed by atoms with Gasteiger partial charge in [0.15, 0.2) is 0 Å². The standard InChI is InChI=1S/C18H16FN5O2/c19-14-4-2-6-16(10-14)23-18(26)13-3-1-5-15(9-13)22-17(25)7-8-24-12-20-11-21-24/h1-6,9-12H,7-8H2,(H,22,25)(H,23,26). The van der Waals surface area contributed by atoms with Gasteiger partial charge in [-0.05, 0) is 36.4 Å². The number of aromatic nitrogens is 3. The molecule has 0 bridgehead atoms. The Morgan fingerprint density at radius 1 is 1.04 bits per heavy atom. The van der Waals surface area contributed by atoms with Crippen molar-refractivity contribution in [2.45, 2.75) is 13.0 Å². The van der Waals surface area contributed by atoms with E-state index in [1.54, 1.807) is 35.0 Å². The summed E-state index contributed by atoms with van der Waals surface area (Å²) in [5.41, 5.74) is 1.21. The Morgan fingerprint density at radius 2 is 1.81 bits per heavy atom. The average molecular weight is 353 g/mol. The summed E-state index contributed by atoms with van der Waals surface area (Å²) in [6, 6.07) is 12.1. The summed E-state index contributed by atoms with van der Waals surface area (Å²) >= 11 is 0. The van der Waals surface area contributed by atoms with E-state index in [0.717, 1.165) is 0 Å². The van der Waals surface area contributed by atoms with Crippen molar-refractivity contribution in [2.75, 3.05) is 10.6 Å². The fraction of sp³-hybridized carbons (Fsp3) is 0.111. The zero-order chi connectivity index (χ0) is 18.4. The summed E-state index contributed by atoms with van der Waals surface area (Å²) in [5, 5.41) is 9.27. The van der Waals surface area contributed by atoms with Crippen molar-refractivity contribution >= 4 is 23.2 Å². The SMILES string of the molecule is O=C(CCn1cncn1)Nc1cccc(C(=O)Nc2cccc(F)c2)c1. The fourth-order valence-electron chi connectivity index (χ4n) is 2.30. The maximum atomic E-state index is 13.2. The highest BCUT2D eigenvalue weighted by molar-refractivity contribution is 6.05. The van der Waals surface area contributed by atoms with Crippen LogP contribution in [0.2, 0.25) is 0 Å². The van der Waals surface area contributed by atoms with Crippen LogP contribution < -0.4 is 10.6 Å². The molecule has 8 heteroatoms. The van der Waals surface area contributed by atoms with Crippen molar-refractivity contribution in [3.05, 3.63) is 72.6 Å². The van der Waals surface area contributed by atoms with Gasteiger partial charge in [0.25, 0.3) is 5.91 Å². The molecule has 7 nitrogen and oxygen atoms in total. The van der Waals surface area contributed by atoms with Crippen LogP contribution in [0.5, 0.6) is 0 Å². The van der Waals surface area contributed by atoms with E-state index in [2.05, 4.69) is 20.7 Å². The van der Waals surface area contributed by atoms with Gasteiger partial charge in [0.1, 0.15) is 18.5 Å². The van der Waals surface area contributed by atoms with Gasteiger partial charge in [-0.1, -0.05) is 12.1 Å². The van der Waals surface area contributed by atoms with E-state index >= 15 is 0 Å². The number of aryl methyl sites for hydroxylation is 1. The lowest BCUT2D eigenvalue weighted by molar-refractivity contribution is -0.116. The molecule has 3 rings (SSSR count). The van der Waals surface area contributed by atoms with Crippen molar-refractivity contribution in [3.8, 4) is 0 Å². The van der Waals surface area contributed by atoms with Crippen LogP contribution in [-0.2, 0) is 11.3 Å². The first-order valence-electron chi connectivity index (χ1n) is 7.89. The van der Waals surface area contributed by atoms with Crippen molar-refractivity contribution in [1.29, 1.82) is 0 Å². The normalized spacial score (nSPS) is 10.3. The van der Waals surface area contributed by atoms with Gasteiger partial charge in [-0.3, -0.25) is 14.3 Å². The molecule has 2 N–H and O–H groups in total. The Hall–Kier alpha value is -3.55. The van der Waals surface area contributed by atoms with Crippen molar-refractivity contribution < 1.29 is 14.0 Å². The van der Waals surface area contributed by atoms with Gasteiger partial charge in [-0.25, -0.2) is 9.37 Å². The third-order valence-corrected chi connectivity index (χ3v) is 3.53. The number of anilines is 2. The van der Waals surface area contributed by atoms with Gasteiger partial charge in [0, 0.05) is 23.4 Å². The second kappa shape index (κ2) is 8.02. The Morgan fingerprint density at radius 3 is 2.54 bits per heavy atom. The van der Waals surface area contributed by atoms with Gasteiger partial charge in [-0.15, -0.1) is 0 Å². The summed E-state index contributed by atoms with van der Waals surface area (Å²) in [6.45, 7) is 0.408. The topological polar surface area (TPSA) is 88.9 Å². The maximum Gasteiger partial charge on any atom is 0.255 e. The molecule has 26 heavy (non-hydrogen) atoms. The zero-order valence-corrected chi connectivity index (χ0v) is 13.7. The number of benzene rings is 2. The van der Waals surface area contributed by atoms with Crippen LogP contribution in [0.4, 0.5) is 15.8 Å². The van der Waals surface area contributed by atoms with E-state index in [1.807, 2.05) is 0 Å². The predicted molar refractivity (Wildman–Crippen MR) is 94.1 cm³/mol. The smallest absolute Gasteiger partial charge is 0.255 e. The van der Waals surface area contributed by atoms with Crippen molar-refractivity contribution in [3.63, 3.8) is 0 Å². The molecule has 0 atom stereocenters. The van der Waals surface area contributed by atoms with Gasteiger partial charge in [0.2, 0.25) is 5.91 Å². The Balaban J connectivity index is 1.60. The lowest BCUT2D eigenvalue weighted by Gasteiger charge is -2.09. The lowest BCUT2D eigenvalue weighted by Crippen LogP contribution is -2.16. The minimum Gasteiger partial charge on any atom is -0.326 e. The van der Waals surface area contributed by atoms with Crippen molar-refractivity contribution in [1.82, 2.24) is 14.8 Å². The van der Waals surface area contributed by atoms with Crippen LogP contribution in [0, 0.1) is 5.82 Å². The molecule has 0 unspecified atom stereocenters. The van der Waals surface area contributed by atoms with E-state index in [9.17, 15) is 14.0 Å². The largest absolute Gasteiger partial charge is 0.326 e. The van der Waals surface area contributed by atoms with Crippen LogP contribution in [0.3, 0.4) is 0 Å². The molecule has 0 aliphatic heterocycles. The average Bonchev–Trinajstić information content (AvgIpc) is 3.14. The van der Waals surface area contributed by atoms with Gasteiger partial charge < -0.3 is 10.6 Å². The first-order valence-corrected chi connectivity index (χ1v) is 7.89. The fourth-order valence-corrected chi connectivity index (χ4v) is 2.30. The van der Waals surface area contributed by atoms with Gasteiger partial charge in [0.05, 0.1) is 6.54 Å². The molecule has 0 saturated carbocycles. The summed E-state index contributed by atoms with van der Waals surface area (Å²) in [6.07, 6.45) is 3.16. The lowest BCUT2D eigenvalue weighted by atomic mass is 10.1. The highest BCUT2D eigenvalue weighted by Gasteiger charge is 2.09. The third kappa shape index (κ3) is 4.73. The van der Waals surface area contributed by atoms with Crippen LogP contribution in [0.1, 0.15) is 16.8 Å². The molecule has 2 amide bonds. The molecule has 1 heterocycles. The van der Waals surface area contributed by atoms with Crippen LogP contribution in [-0.4, -0.2) is 26.6 Å². The highest BCUT2D eigenvalue weighted by Crippen LogP contribution is 2.15.